The summed E-state index contributed by atoms with van der Waals surface area (Å²) >= 11 is 0. The van der Waals surface area contributed by atoms with Crippen LogP contribution >= 0.6 is 0 Å². The van der Waals surface area contributed by atoms with E-state index in [1.165, 1.54) is 0 Å². The molecule has 0 aliphatic carbocycles. The Morgan fingerprint density at radius 3 is 2.44 bits per heavy atom. The minimum Gasteiger partial charge on any atom is -0.494 e. The van der Waals surface area contributed by atoms with E-state index in [1.54, 1.807) is 0 Å². The first-order valence-electron chi connectivity index (χ1n) is 6.23. The number of aliphatic carboxylic acids is 1. The molecule has 0 unspecified atom stereocenters. The molecule has 0 saturated heterocycles. The Hall–Kier alpha value is -1.55. The summed E-state index contributed by atoms with van der Waals surface area (Å²) < 4.78 is 10.6. The first-order chi connectivity index (χ1) is 8.67. The normalized spacial score (nSPS) is 12.1. The zero-order valence-electron chi connectivity index (χ0n) is 10.9. The van der Waals surface area contributed by atoms with Crippen LogP contribution in [0.4, 0.5) is 0 Å². The average Bonchev–Trinajstić information content (AvgIpc) is 2.36. The van der Waals surface area contributed by atoms with Gasteiger partial charge in [0.25, 0.3) is 0 Å². The third-order valence-corrected chi connectivity index (χ3v) is 2.45. The second-order valence-corrected chi connectivity index (χ2v) is 3.98. The van der Waals surface area contributed by atoms with E-state index >= 15 is 0 Å². The van der Waals surface area contributed by atoms with E-state index in [4.69, 9.17) is 14.6 Å². The zero-order valence-corrected chi connectivity index (χ0v) is 10.9. The maximum Gasteiger partial charge on any atom is 0.333 e. The van der Waals surface area contributed by atoms with Gasteiger partial charge in [0.15, 0.2) is 6.10 Å². The van der Waals surface area contributed by atoms with E-state index in [0.29, 0.717) is 19.6 Å². The number of carboxylic acid groups (broad SMARTS) is 1. The van der Waals surface area contributed by atoms with Gasteiger partial charge in [-0.1, -0.05) is 19.1 Å². The van der Waals surface area contributed by atoms with Gasteiger partial charge in [-0.05, 0) is 31.0 Å². The third kappa shape index (κ3) is 4.75. The fourth-order valence-corrected chi connectivity index (χ4v) is 1.58. The molecule has 0 aromatic heterocycles. The lowest BCUT2D eigenvalue weighted by molar-refractivity contribution is -0.150. The van der Waals surface area contributed by atoms with Crippen molar-refractivity contribution >= 4 is 5.97 Å². The highest BCUT2D eigenvalue weighted by molar-refractivity contribution is 5.72. The maximum absolute atomic E-state index is 11.0. The van der Waals surface area contributed by atoms with Gasteiger partial charge in [0.2, 0.25) is 0 Å². The lowest BCUT2D eigenvalue weighted by Crippen LogP contribution is -2.26. The molecule has 0 fully saturated rings. The molecule has 18 heavy (non-hydrogen) atoms. The molecule has 1 aromatic carbocycles. The van der Waals surface area contributed by atoms with Crippen LogP contribution < -0.4 is 4.74 Å². The van der Waals surface area contributed by atoms with Crippen molar-refractivity contribution in [3.05, 3.63) is 29.8 Å². The van der Waals surface area contributed by atoms with Crippen molar-refractivity contribution in [3.63, 3.8) is 0 Å². The van der Waals surface area contributed by atoms with E-state index in [9.17, 15) is 4.79 Å². The topological polar surface area (TPSA) is 55.8 Å². The molecule has 0 heterocycles. The molecule has 1 rings (SSSR count). The van der Waals surface area contributed by atoms with E-state index < -0.39 is 12.1 Å². The molecule has 0 saturated carbocycles. The number of hydrogen-bond acceptors (Lipinski definition) is 3. The summed E-state index contributed by atoms with van der Waals surface area (Å²) in [6, 6.07) is 7.43. The monoisotopic (exact) mass is 252 g/mol. The van der Waals surface area contributed by atoms with Gasteiger partial charge in [-0.15, -0.1) is 0 Å². The van der Waals surface area contributed by atoms with Gasteiger partial charge in [-0.25, -0.2) is 4.79 Å². The minimum absolute atomic E-state index is 0.377. The Balaban J connectivity index is 2.60. The molecule has 0 amide bonds. The standard InChI is InChI=1S/C14H20O4/c1-3-9-18-13(14(15)16)10-11-5-7-12(8-6-11)17-4-2/h5-8,13H,3-4,9-10H2,1-2H3,(H,15,16)/t13-/m1/s1. The third-order valence-electron chi connectivity index (χ3n) is 2.45. The molecule has 0 bridgehead atoms. The van der Waals surface area contributed by atoms with Crippen LogP contribution in [0.5, 0.6) is 5.75 Å². The Morgan fingerprint density at radius 2 is 1.94 bits per heavy atom. The first-order valence-corrected chi connectivity index (χ1v) is 6.23. The summed E-state index contributed by atoms with van der Waals surface area (Å²) in [7, 11) is 0. The number of hydrogen-bond donors (Lipinski definition) is 1. The highest BCUT2D eigenvalue weighted by atomic mass is 16.5. The second kappa shape index (κ2) is 7.71. The van der Waals surface area contributed by atoms with Crippen molar-refractivity contribution in [2.24, 2.45) is 0 Å². The summed E-state index contributed by atoms with van der Waals surface area (Å²) in [5.41, 5.74) is 0.932. The molecule has 0 radical (unpaired) electrons. The van der Waals surface area contributed by atoms with Gasteiger partial charge in [0.05, 0.1) is 6.61 Å². The fourth-order valence-electron chi connectivity index (χ4n) is 1.58. The van der Waals surface area contributed by atoms with Crippen LogP contribution in [-0.2, 0) is 16.0 Å². The average molecular weight is 252 g/mol. The molecular formula is C14H20O4. The van der Waals surface area contributed by atoms with Crippen LogP contribution in [0.25, 0.3) is 0 Å². The van der Waals surface area contributed by atoms with Crippen LogP contribution in [0.1, 0.15) is 25.8 Å². The molecular weight excluding hydrogens is 232 g/mol. The van der Waals surface area contributed by atoms with E-state index in [2.05, 4.69) is 0 Å². The summed E-state index contributed by atoms with van der Waals surface area (Å²) in [6.45, 7) is 4.97. The van der Waals surface area contributed by atoms with Crippen molar-refractivity contribution in [2.75, 3.05) is 13.2 Å². The molecule has 100 valence electrons. The van der Waals surface area contributed by atoms with Gasteiger partial charge >= 0.3 is 5.97 Å². The van der Waals surface area contributed by atoms with Gasteiger partial charge in [-0.3, -0.25) is 0 Å². The number of ether oxygens (including phenoxy) is 2. The van der Waals surface area contributed by atoms with Crippen molar-refractivity contribution in [3.8, 4) is 5.75 Å². The largest absolute Gasteiger partial charge is 0.494 e. The van der Waals surface area contributed by atoms with Gasteiger partial charge in [-0.2, -0.15) is 0 Å². The van der Waals surface area contributed by atoms with Crippen LogP contribution in [0.3, 0.4) is 0 Å². The lowest BCUT2D eigenvalue weighted by atomic mass is 10.1. The van der Waals surface area contributed by atoms with Crippen LogP contribution in [0.2, 0.25) is 0 Å². The van der Waals surface area contributed by atoms with Crippen LogP contribution in [0.15, 0.2) is 24.3 Å². The number of benzene rings is 1. The molecule has 0 aliphatic heterocycles. The zero-order chi connectivity index (χ0) is 13.4. The Bertz CT molecular complexity index is 359. The predicted octanol–water partition coefficient (Wildman–Crippen LogP) is 2.51. The smallest absolute Gasteiger partial charge is 0.333 e. The highest BCUT2D eigenvalue weighted by Crippen LogP contribution is 2.14. The SMILES string of the molecule is CCCO[C@H](Cc1ccc(OCC)cc1)C(=O)O. The van der Waals surface area contributed by atoms with Gasteiger partial charge in [0, 0.05) is 13.0 Å². The van der Waals surface area contributed by atoms with Crippen molar-refractivity contribution in [2.45, 2.75) is 32.8 Å². The van der Waals surface area contributed by atoms with Crippen molar-refractivity contribution in [1.29, 1.82) is 0 Å². The first kappa shape index (κ1) is 14.5. The highest BCUT2D eigenvalue weighted by Gasteiger charge is 2.18. The van der Waals surface area contributed by atoms with Crippen molar-refractivity contribution in [1.82, 2.24) is 0 Å². The molecule has 0 aliphatic rings. The van der Waals surface area contributed by atoms with Gasteiger partial charge in [0.1, 0.15) is 5.75 Å². The minimum atomic E-state index is -0.919. The van der Waals surface area contributed by atoms with E-state index in [1.807, 2.05) is 38.1 Å². The molecule has 1 aromatic rings. The summed E-state index contributed by atoms with van der Waals surface area (Å²) in [6.07, 6.45) is 0.414. The molecule has 4 heteroatoms. The Morgan fingerprint density at radius 1 is 1.28 bits per heavy atom. The summed E-state index contributed by atoms with van der Waals surface area (Å²) in [5, 5.41) is 9.05. The summed E-state index contributed by atoms with van der Waals surface area (Å²) in [4.78, 5) is 11.0. The van der Waals surface area contributed by atoms with Gasteiger partial charge < -0.3 is 14.6 Å². The fraction of sp³-hybridized carbons (Fsp3) is 0.500. The number of carbonyl (C=O) groups is 1. The van der Waals surface area contributed by atoms with Crippen LogP contribution in [0, 0.1) is 0 Å². The molecule has 1 atom stereocenters. The number of carboxylic acids is 1. The summed E-state index contributed by atoms with van der Waals surface area (Å²) in [5.74, 6) is -0.125. The molecule has 1 N–H and O–H groups in total. The maximum atomic E-state index is 11.0. The van der Waals surface area contributed by atoms with Crippen LogP contribution in [-0.4, -0.2) is 30.4 Å². The quantitative estimate of drug-likeness (QED) is 0.772. The number of rotatable bonds is 8. The van der Waals surface area contributed by atoms with Crippen molar-refractivity contribution < 1.29 is 19.4 Å². The van der Waals surface area contributed by atoms with E-state index in [0.717, 1.165) is 17.7 Å². The van der Waals surface area contributed by atoms with E-state index in [-0.39, 0.29) is 0 Å². The predicted molar refractivity (Wildman–Crippen MR) is 69.0 cm³/mol. The lowest BCUT2D eigenvalue weighted by Gasteiger charge is -2.13. The Kier molecular flexibility index (Phi) is 6.22. The molecule has 0 spiro atoms. The Labute approximate surface area is 108 Å². The second-order valence-electron chi connectivity index (χ2n) is 3.98. The molecule has 4 nitrogen and oxygen atoms in total.